The van der Waals surface area contributed by atoms with E-state index in [-0.39, 0.29) is 23.4 Å². The molecule has 1 aromatic heterocycles. The zero-order valence-corrected chi connectivity index (χ0v) is 20.3. The Balaban J connectivity index is 1.59. The van der Waals surface area contributed by atoms with E-state index in [0.717, 1.165) is 32.2 Å². The van der Waals surface area contributed by atoms with Gasteiger partial charge in [-0.05, 0) is 75.8 Å². The van der Waals surface area contributed by atoms with E-state index in [2.05, 4.69) is 0 Å². The number of carbonyl (C=O) groups is 2. The highest BCUT2D eigenvalue weighted by Crippen LogP contribution is 2.28. The first-order chi connectivity index (χ1) is 16.1. The number of hydrogen-bond acceptors (Lipinski definition) is 4. The lowest BCUT2D eigenvalue weighted by Gasteiger charge is -2.31. The zero-order chi connectivity index (χ0) is 23.2. The van der Waals surface area contributed by atoms with Gasteiger partial charge in [0.25, 0.3) is 11.5 Å². The van der Waals surface area contributed by atoms with E-state index in [1.807, 2.05) is 17.6 Å². The topological polar surface area (TPSA) is 68.6 Å². The van der Waals surface area contributed by atoms with Gasteiger partial charge in [0.05, 0.1) is 12.5 Å². The summed E-state index contributed by atoms with van der Waals surface area (Å²) in [5, 5.41) is 0. The van der Waals surface area contributed by atoms with Gasteiger partial charge in [0, 0.05) is 25.3 Å². The van der Waals surface area contributed by atoms with Crippen LogP contribution in [0, 0.1) is 11.8 Å². The van der Waals surface area contributed by atoms with Crippen molar-refractivity contribution in [1.82, 2.24) is 9.47 Å². The van der Waals surface area contributed by atoms with Crippen LogP contribution in [0.1, 0.15) is 99.2 Å². The van der Waals surface area contributed by atoms with Crippen LogP contribution in [0.15, 0.2) is 10.9 Å². The average molecular weight is 457 g/mol. The summed E-state index contributed by atoms with van der Waals surface area (Å²) < 4.78 is 7.15. The minimum absolute atomic E-state index is 0.0996. The molecule has 6 nitrogen and oxygen atoms in total. The van der Waals surface area contributed by atoms with Crippen molar-refractivity contribution in [2.24, 2.45) is 11.8 Å². The molecule has 1 saturated carbocycles. The largest absolute Gasteiger partial charge is 0.466 e. The summed E-state index contributed by atoms with van der Waals surface area (Å²) in [4.78, 5) is 41.0. The molecule has 3 aliphatic rings. The normalized spacial score (nSPS) is 20.6. The molecule has 6 heteroatoms. The third kappa shape index (κ3) is 5.70. The van der Waals surface area contributed by atoms with Crippen LogP contribution in [0.3, 0.4) is 0 Å². The summed E-state index contributed by atoms with van der Waals surface area (Å²) in [7, 11) is 0. The molecule has 0 unspecified atom stereocenters. The Morgan fingerprint density at radius 1 is 0.939 bits per heavy atom. The number of carbonyl (C=O) groups excluding carboxylic acids is 2. The molecule has 33 heavy (non-hydrogen) atoms. The minimum atomic E-state index is -0.166. The van der Waals surface area contributed by atoms with E-state index >= 15 is 0 Å². The van der Waals surface area contributed by atoms with Crippen LogP contribution in [-0.2, 0) is 28.9 Å². The van der Waals surface area contributed by atoms with Gasteiger partial charge >= 0.3 is 5.97 Å². The van der Waals surface area contributed by atoms with E-state index in [9.17, 15) is 14.4 Å². The quantitative estimate of drug-likeness (QED) is 0.612. The molecule has 0 N–H and O–H groups in total. The van der Waals surface area contributed by atoms with Gasteiger partial charge in [-0.2, -0.15) is 0 Å². The van der Waals surface area contributed by atoms with Crippen molar-refractivity contribution >= 4 is 11.9 Å². The Hall–Kier alpha value is -2.11. The third-order valence-corrected chi connectivity index (χ3v) is 7.90. The van der Waals surface area contributed by atoms with Crippen molar-refractivity contribution in [3.8, 4) is 0 Å². The maximum atomic E-state index is 13.7. The van der Waals surface area contributed by atoms with E-state index in [4.69, 9.17) is 4.74 Å². The average Bonchev–Trinajstić information content (AvgIpc) is 2.82. The van der Waals surface area contributed by atoms with Crippen LogP contribution < -0.4 is 5.56 Å². The van der Waals surface area contributed by atoms with Crippen molar-refractivity contribution < 1.29 is 14.3 Å². The van der Waals surface area contributed by atoms with Gasteiger partial charge in [-0.25, -0.2) is 0 Å². The van der Waals surface area contributed by atoms with Crippen LogP contribution in [-0.4, -0.2) is 41.0 Å². The number of likely N-dealkylation sites (tertiary alicyclic amines) is 1. The summed E-state index contributed by atoms with van der Waals surface area (Å²) in [5.74, 6) is 0.0644. The molecular formula is C27H40N2O4. The van der Waals surface area contributed by atoms with Crippen LogP contribution in [0.4, 0.5) is 0 Å². The SMILES string of the molecule is CCOC(=O)C1CCN(C(=O)c2cc3c(n(CC4CCCCC4)c2=O)CCCCCC3)CC1. The number of fused-ring (bicyclic) bond motifs is 1. The fraction of sp³-hybridized carbons (Fsp3) is 0.741. The zero-order valence-electron chi connectivity index (χ0n) is 20.3. The number of rotatable bonds is 5. The summed E-state index contributed by atoms with van der Waals surface area (Å²) in [5.41, 5.74) is 2.62. The van der Waals surface area contributed by atoms with Gasteiger partial charge in [-0.1, -0.05) is 32.1 Å². The lowest BCUT2D eigenvalue weighted by Crippen LogP contribution is -2.44. The molecule has 1 aliphatic heterocycles. The second-order valence-corrected chi connectivity index (χ2v) is 10.2. The molecule has 182 valence electrons. The first-order valence-electron chi connectivity index (χ1n) is 13.3. The van der Waals surface area contributed by atoms with Crippen molar-refractivity contribution in [1.29, 1.82) is 0 Å². The molecular weight excluding hydrogens is 416 g/mol. The highest BCUT2D eigenvalue weighted by Gasteiger charge is 2.31. The Kier molecular flexibility index (Phi) is 8.26. The Morgan fingerprint density at radius 3 is 2.30 bits per heavy atom. The lowest BCUT2D eigenvalue weighted by atomic mass is 9.88. The van der Waals surface area contributed by atoms with E-state index in [1.165, 1.54) is 56.2 Å². The van der Waals surface area contributed by atoms with Gasteiger partial charge in [0.2, 0.25) is 0 Å². The third-order valence-electron chi connectivity index (χ3n) is 7.90. The number of ether oxygens (including phenoxy) is 1. The van der Waals surface area contributed by atoms with Crippen molar-refractivity contribution in [2.75, 3.05) is 19.7 Å². The number of nitrogens with zero attached hydrogens (tertiary/aromatic N) is 2. The predicted octanol–water partition coefficient (Wildman–Crippen LogP) is 4.50. The number of esters is 1. The fourth-order valence-corrected chi connectivity index (χ4v) is 5.96. The standard InChI is InChI=1S/C27H40N2O4/c1-2-33-27(32)21-14-16-28(17-15-21)25(30)23-18-22-12-8-3-4-9-13-24(22)29(26(23)31)19-20-10-6-5-7-11-20/h18,20-21H,2-17,19H2,1H3. The Labute approximate surface area is 197 Å². The molecule has 2 heterocycles. The molecule has 1 aromatic rings. The highest BCUT2D eigenvalue weighted by atomic mass is 16.5. The number of pyridine rings is 1. The van der Waals surface area contributed by atoms with Crippen LogP contribution in [0.5, 0.6) is 0 Å². The van der Waals surface area contributed by atoms with E-state index in [1.54, 1.807) is 4.90 Å². The summed E-state index contributed by atoms with van der Waals surface area (Å²) in [6.07, 6.45) is 13.9. The maximum absolute atomic E-state index is 13.7. The van der Waals surface area contributed by atoms with Crippen molar-refractivity contribution in [3.05, 3.63) is 33.2 Å². The molecule has 0 bridgehead atoms. The Morgan fingerprint density at radius 2 is 1.61 bits per heavy atom. The molecule has 2 aliphatic carbocycles. The van der Waals surface area contributed by atoms with E-state index < -0.39 is 0 Å². The summed E-state index contributed by atoms with van der Waals surface area (Å²) in [6.45, 7) is 3.96. The molecule has 2 fully saturated rings. The molecule has 1 amide bonds. The van der Waals surface area contributed by atoms with E-state index in [0.29, 0.717) is 44.0 Å². The lowest BCUT2D eigenvalue weighted by molar-refractivity contribution is -0.149. The Bertz CT molecular complexity index is 892. The van der Waals surface area contributed by atoms with Crippen LogP contribution in [0.25, 0.3) is 0 Å². The molecule has 0 spiro atoms. The number of piperidine rings is 1. The van der Waals surface area contributed by atoms with Gasteiger partial charge in [-0.15, -0.1) is 0 Å². The minimum Gasteiger partial charge on any atom is -0.466 e. The number of amides is 1. The number of aryl methyl sites for hydroxylation is 1. The highest BCUT2D eigenvalue weighted by molar-refractivity contribution is 5.94. The van der Waals surface area contributed by atoms with Crippen molar-refractivity contribution in [3.63, 3.8) is 0 Å². The molecule has 0 atom stereocenters. The number of aromatic nitrogens is 1. The van der Waals surface area contributed by atoms with Crippen molar-refractivity contribution in [2.45, 2.75) is 96.9 Å². The second kappa shape index (κ2) is 11.3. The first-order valence-corrected chi connectivity index (χ1v) is 13.3. The van der Waals surface area contributed by atoms with Gasteiger partial charge in [0.15, 0.2) is 0 Å². The maximum Gasteiger partial charge on any atom is 0.309 e. The molecule has 0 radical (unpaired) electrons. The fourth-order valence-electron chi connectivity index (χ4n) is 5.96. The van der Waals surface area contributed by atoms with Gasteiger partial charge < -0.3 is 14.2 Å². The smallest absolute Gasteiger partial charge is 0.309 e. The van der Waals surface area contributed by atoms with Gasteiger partial charge in [-0.3, -0.25) is 14.4 Å². The van der Waals surface area contributed by atoms with Gasteiger partial charge in [0.1, 0.15) is 5.56 Å². The number of hydrogen-bond donors (Lipinski definition) is 0. The molecule has 1 saturated heterocycles. The summed E-state index contributed by atoms with van der Waals surface area (Å²) >= 11 is 0. The van der Waals surface area contributed by atoms with Crippen LogP contribution in [0.2, 0.25) is 0 Å². The monoisotopic (exact) mass is 456 g/mol. The predicted molar refractivity (Wildman–Crippen MR) is 128 cm³/mol. The molecule has 0 aromatic carbocycles. The van der Waals surface area contributed by atoms with Crippen LogP contribution >= 0.6 is 0 Å². The summed E-state index contributed by atoms with van der Waals surface area (Å²) in [6, 6.07) is 1.92. The molecule has 4 rings (SSSR count). The first kappa shape index (κ1) is 24.0. The second-order valence-electron chi connectivity index (χ2n) is 10.2.